The van der Waals surface area contributed by atoms with Crippen LogP contribution in [0.3, 0.4) is 0 Å². The first-order valence-electron chi connectivity index (χ1n) is 9.25. The number of fused-ring (bicyclic) bond motifs is 1. The zero-order valence-electron chi connectivity index (χ0n) is 16.0. The second-order valence-electron chi connectivity index (χ2n) is 7.31. The molecule has 0 spiro atoms. The van der Waals surface area contributed by atoms with Gasteiger partial charge in [-0.25, -0.2) is 0 Å². The highest BCUT2D eigenvalue weighted by molar-refractivity contribution is 8.00. The van der Waals surface area contributed by atoms with Crippen LogP contribution >= 0.6 is 23.4 Å². The van der Waals surface area contributed by atoms with Gasteiger partial charge in [-0.15, -0.1) is 11.8 Å². The number of aliphatic hydroxyl groups excluding tert-OH is 1. The van der Waals surface area contributed by atoms with Crippen LogP contribution in [0.2, 0.25) is 5.02 Å². The molecule has 0 saturated carbocycles. The Bertz CT molecular complexity index is 954. The first-order valence-corrected chi connectivity index (χ1v) is 10.6. The predicted molar refractivity (Wildman–Crippen MR) is 118 cm³/mol. The molecule has 2 aromatic carbocycles. The van der Waals surface area contributed by atoms with Crippen LogP contribution in [0, 0.1) is 0 Å². The van der Waals surface area contributed by atoms with Crippen LogP contribution < -0.4 is 5.32 Å². The Morgan fingerprint density at radius 1 is 1.18 bits per heavy atom. The normalized spacial score (nSPS) is 12.9. The molecule has 28 heavy (non-hydrogen) atoms. The number of carbonyl (C=O) groups excluding carboxylic acids is 1. The summed E-state index contributed by atoms with van der Waals surface area (Å²) in [6.07, 6.45) is 2.51. The molecule has 3 N–H and O–H groups in total. The van der Waals surface area contributed by atoms with Gasteiger partial charge in [-0.05, 0) is 43.5 Å². The summed E-state index contributed by atoms with van der Waals surface area (Å²) in [5.74, 6) is 0.551. The van der Waals surface area contributed by atoms with Crippen molar-refractivity contribution in [2.75, 3.05) is 6.61 Å². The van der Waals surface area contributed by atoms with E-state index in [1.54, 1.807) is 0 Å². The van der Waals surface area contributed by atoms with E-state index in [0.29, 0.717) is 17.2 Å². The molecule has 3 rings (SSSR count). The predicted octanol–water partition coefficient (Wildman–Crippen LogP) is 4.55. The summed E-state index contributed by atoms with van der Waals surface area (Å²) in [6, 6.07) is 15.3. The van der Waals surface area contributed by atoms with Gasteiger partial charge in [0.25, 0.3) is 0 Å². The molecule has 1 atom stereocenters. The maximum atomic E-state index is 12.8. The highest BCUT2D eigenvalue weighted by Gasteiger charge is 2.30. The third-order valence-electron chi connectivity index (χ3n) is 4.79. The van der Waals surface area contributed by atoms with Crippen molar-refractivity contribution in [1.29, 1.82) is 0 Å². The first kappa shape index (κ1) is 20.8. The second kappa shape index (κ2) is 9.03. The molecule has 1 amide bonds. The summed E-state index contributed by atoms with van der Waals surface area (Å²) < 4.78 is -0.646. The summed E-state index contributed by atoms with van der Waals surface area (Å²) in [6.45, 7) is 3.67. The minimum absolute atomic E-state index is 0.0940. The third kappa shape index (κ3) is 4.90. The average molecular weight is 417 g/mol. The molecule has 0 aliphatic carbocycles. The van der Waals surface area contributed by atoms with Gasteiger partial charge in [0.15, 0.2) is 0 Å². The largest absolute Gasteiger partial charge is 0.394 e. The summed E-state index contributed by atoms with van der Waals surface area (Å²) >= 11 is 7.75. The van der Waals surface area contributed by atoms with Crippen LogP contribution in [0.25, 0.3) is 10.9 Å². The zero-order valence-corrected chi connectivity index (χ0v) is 17.6. The molecule has 0 unspecified atom stereocenters. The van der Waals surface area contributed by atoms with Crippen LogP contribution in [-0.4, -0.2) is 33.4 Å². The van der Waals surface area contributed by atoms with Crippen molar-refractivity contribution in [1.82, 2.24) is 10.3 Å². The number of halogens is 1. The fraction of sp³-hybridized carbons (Fsp3) is 0.318. The molecule has 1 heterocycles. The minimum atomic E-state index is -0.646. The molecule has 4 nitrogen and oxygen atoms in total. The van der Waals surface area contributed by atoms with Crippen LogP contribution in [-0.2, 0) is 17.0 Å². The smallest absolute Gasteiger partial charge is 0.235 e. The van der Waals surface area contributed by atoms with Gasteiger partial charge in [0.05, 0.1) is 17.4 Å². The van der Waals surface area contributed by atoms with Gasteiger partial charge in [-0.3, -0.25) is 4.79 Å². The molecule has 0 aliphatic rings. The first-order chi connectivity index (χ1) is 13.4. The highest BCUT2D eigenvalue weighted by atomic mass is 35.5. The number of hydrogen-bond acceptors (Lipinski definition) is 3. The van der Waals surface area contributed by atoms with E-state index in [2.05, 4.69) is 10.3 Å². The molecule has 0 radical (unpaired) electrons. The van der Waals surface area contributed by atoms with Crippen molar-refractivity contribution >= 4 is 40.2 Å². The van der Waals surface area contributed by atoms with Crippen molar-refractivity contribution in [2.24, 2.45) is 0 Å². The molecular formula is C22H25ClN2O2S. The lowest BCUT2D eigenvalue weighted by Crippen LogP contribution is -2.47. The number of carbonyl (C=O) groups is 1. The maximum absolute atomic E-state index is 12.8. The Kier molecular flexibility index (Phi) is 6.70. The quantitative estimate of drug-likeness (QED) is 0.504. The number of nitrogens with one attached hydrogen (secondary N) is 2. The molecule has 6 heteroatoms. The van der Waals surface area contributed by atoms with E-state index in [1.165, 1.54) is 11.8 Å². The van der Waals surface area contributed by atoms with Gasteiger partial charge in [-0.2, -0.15) is 0 Å². The van der Waals surface area contributed by atoms with E-state index in [9.17, 15) is 9.90 Å². The van der Waals surface area contributed by atoms with E-state index in [4.69, 9.17) is 11.6 Å². The Morgan fingerprint density at radius 2 is 1.89 bits per heavy atom. The Hall–Kier alpha value is -1.95. The summed E-state index contributed by atoms with van der Waals surface area (Å²) in [5.41, 5.74) is 3.14. The Morgan fingerprint density at radius 3 is 2.64 bits per heavy atom. The van der Waals surface area contributed by atoms with Crippen molar-refractivity contribution in [3.8, 4) is 0 Å². The van der Waals surface area contributed by atoms with Crippen molar-refractivity contribution < 1.29 is 9.90 Å². The standard InChI is InChI=1S/C22H25ClN2O2S/c1-22(2,28-14-15-7-3-5-9-19(15)23)21(27)25-17(13-26)11-16-12-24-20-10-6-4-8-18(16)20/h3-10,12,17,24,26H,11,13-14H2,1-2H3,(H,25,27)/t17-/m0/s1. The number of thioether (sulfide) groups is 1. The zero-order chi connectivity index (χ0) is 20.1. The van der Waals surface area contributed by atoms with Crippen LogP contribution in [0.5, 0.6) is 0 Å². The van der Waals surface area contributed by atoms with Crippen LogP contribution in [0.15, 0.2) is 54.7 Å². The molecule has 0 bridgehead atoms. The highest BCUT2D eigenvalue weighted by Crippen LogP contribution is 2.31. The molecule has 0 saturated heterocycles. The fourth-order valence-corrected chi connectivity index (χ4v) is 4.27. The second-order valence-corrected chi connectivity index (χ2v) is 9.31. The van der Waals surface area contributed by atoms with Gasteiger partial charge in [0, 0.05) is 27.9 Å². The van der Waals surface area contributed by atoms with E-state index < -0.39 is 4.75 Å². The number of aromatic amines is 1. The molecule has 0 aliphatic heterocycles. The number of hydrogen-bond donors (Lipinski definition) is 3. The summed E-state index contributed by atoms with van der Waals surface area (Å²) in [7, 11) is 0. The Labute approximate surface area is 174 Å². The van der Waals surface area contributed by atoms with Gasteiger partial charge in [0.2, 0.25) is 5.91 Å². The van der Waals surface area contributed by atoms with E-state index >= 15 is 0 Å². The fourth-order valence-electron chi connectivity index (χ4n) is 3.03. The maximum Gasteiger partial charge on any atom is 0.235 e. The van der Waals surface area contributed by atoms with Gasteiger partial charge < -0.3 is 15.4 Å². The lowest BCUT2D eigenvalue weighted by atomic mass is 10.0. The van der Waals surface area contributed by atoms with Crippen LogP contribution in [0.1, 0.15) is 25.0 Å². The molecule has 1 aromatic heterocycles. The number of aromatic nitrogens is 1. The van der Waals surface area contributed by atoms with Gasteiger partial charge in [-0.1, -0.05) is 48.0 Å². The lowest BCUT2D eigenvalue weighted by molar-refractivity contribution is -0.123. The monoisotopic (exact) mass is 416 g/mol. The van der Waals surface area contributed by atoms with Crippen LogP contribution in [0.4, 0.5) is 0 Å². The summed E-state index contributed by atoms with van der Waals surface area (Å²) in [5, 5.41) is 14.6. The van der Waals surface area contributed by atoms with Gasteiger partial charge in [0.1, 0.15) is 0 Å². The van der Waals surface area contributed by atoms with E-state index in [0.717, 1.165) is 22.0 Å². The van der Waals surface area contributed by atoms with Crippen molar-refractivity contribution in [3.05, 3.63) is 70.9 Å². The van der Waals surface area contributed by atoms with Crippen molar-refractivity contribution in [2.45, 2.75) is 36.8 Å². The lowest BCUT2D eigenvalue weighted by Gasteiger charge is -2.26. The number of aliphatic hydroxyl groups is 1. The molecule has 0 fully saturated rings. The number of rotatable bonds is 8. The number of H-pyrrole nitrogens is 1. The minimum Gasteiger partial charge on any atom is -0.394 e. The number of para-hydroxylation sites is 1. The number of amides is 1. The van der Waals surface area contributed by atoms with E-state index in [1.807, 2.05) is 68.6 Å². The molecule has 148 valence electrons. The number of benzene rings is 2. The average Bonchev–Trinajstić information content (AvgIpc) is 3.09. The summed E-state index contributed by atoms with van der Waals surface area (Å²) in [4.78, 5) is 16.1. The topological polar surface area (TPSA) is 65.1 Å². The Balaban J connectivity index is 1.63. The van der Waals surface area contributed by atoms with E-state index in [-0.39, 0.29) is 18.6 Å². The molecule has 3 aromatic rings. The van der Waals surface area contributed by atoms with Crippen molar-refractivity contribution in [3.63, 3.8) is 0 Å². The third-order valence-corrected chi connectivity index (χ3v) is 6.52. The molecular weight excluding hydrogens is 392 g/mol. The van der Waals surface area contributed by atoms with Gasteiger partial charge >= 0.3 is 0 Å². The SMILES string of the molecule is CC(C)(SCc1ccccc1Cl)C(=O)N[C@H](CO)Cc1c[nH]c2ccccc12.